The predicted molar refractivity (Wildman–Crippen MR) is 89.1 cm³/mol. The Hall–Kier alpha value is -2.04. The van der Waals surface area contributed by atoms with Crippen molar-refractivity contribution in [3.05, 3.63) is 29.8 Å². The van der Waals surface area contributed by atoms with Crippen LogP contribution < -0.4 is 10.5 Å². The van der Waals surface area contributed by atoms with E-state index in [1.807, 2.05) is 24.3 Å². The van der Waals surface area contributed by atoms with E-state index in [0.29, 0.717) is 31.8 Å². The molecular formula is C18H26N2O3. The van der Waals surface area contributed by atoms with Crippen LogP contribution in [0.25, 0.3) is 0 Å². The maximum Gasteiger partial charge on any atom is 0.260 e. The van der Waals surface area contributed by atoms with Gasteiger partial charge >= 0.3 is 0 Å². The van der Waals surface area contributed by atoms with Crippen LogP contribution in [-0.4, -0.2) is 36.4 Å². The van der Waals surface area contributed by atoms with Crippen molar-refractivity contribution in [1.29, 1.82) is 0 Å². The van der Waals surface area contributed by atoms with E-state index in [2.05, 4.69) is 13.8 Å². The molecular weight excluding hydrogens is 292 g/mol. The first-order valence-corrected chi connectivity index (χ1v) is 8.31. The minimum absolute atomic E-state index is 0.0353. The van der Waals surface area contributed by atoms with Crippen molar-refractivity contribution in [3.8, 4) is 5.75 Å². The number of nitrogens with zero attached hydrogens (tertiary/aromatic N) is 1. The summed E-state index contributed by atoms with van der Waals surface area (Å²) in [4.78, 5) is 25.2. The number of nitrogens with two attached hydrogens (primary N) is 1. The fraction of sp³-hybridized carbons (Fsp3) is 0.556. The highest BCUT2D eigenvalue weighted by Gasteiger charge is 2.26. The zero-order valence-electron chi connectivity index (χ0n) is 14.0. The average Bonchev–Trinajstić information content (AvgIpc) is 2.59. The highest BCUT2D eigenvalue weighted by atomic mass is 16.5. The molecule has 0 aliphatic carbocycles. The van der Waals surface area contributed by atoms with E-state index in [1.165, 1.54) is 0 Å². The van der Waals surface area contributed by atoms with Crippen LogP contribution in [0, 0.1) is 5.92 Å². The van der Waals surface area contributed by atoms with Crippen molar-refractivity contribution in [2.24, 2.45) is 11.7 Å². The Labute approximate surface area is 137 Å². The second kappa shape index (κ2) is 7.99. The molecule has 1 fully saturated rings. The molecule has 1 aliphatic heterocycles. The number of likely N-dealkylation sites (tertiary alicyclic amines) is 1. The molecule has 0 unspecified atom stereocenters. The molecule has 1 aromatic rings. The van der Waals surface area contributed by atoms with E-state index in [-0.39, 0.29) is 24.3 Å². The van der Waals surface area contributed by atoms with Crippen LogP contribution in [-0.2, 0) is 9.59 Å². The van der Waals surface area contributed by atoms with Gasteiger partial charge in [0.25, 0.3) is 5.91 Å². The molecule has 2 rings (SSSR count). The molecule has 126 valence electrons. The van der Waals surface area contributed by atoms with Crippen molar-refractivity contribution in [3.63, 3.8) is 0 Å². The van der Waals surface area contributed by atoms with Gasteiger partial charge in [0.15, 0.2) is 6.61 Å². The van der Waals surface area contributed by atoms with Crippen LogP contribution >= 0.6 is 0 Å². The molecule has 2 N–H and O–H groups in total. The quantitative estimate of drug-likeness (QED) is 0.874. The molecule has 1 heterocycles. The SMILES string of the molecule is CC[C@@H](C)c1ccccc1OCC(=O)N1CCC(C(N)=O)CC1. The largest absolute Gasteiger partial charge is 0.483 e. The third kappa shape index (κ3) is 4.47. The van der Waals surface area contributed by atoms with E-state index >= 15 is 0 Å². The Morgan fingerprint density at radius 3 is 2.57 bits per heavy atom. The number of rotatable bonds is 6. The van der Waals surface area contributed by atoms with Gasteiger partial charge in [0, 0.05) is 19.0 Å². The molecule has 0 radical (unpaired) electrons. The normalized spacial score (nSPS) is 16.9. The molecule has 1 aliphatic rings. The highest BCUT2D eigenvalue weighted by molar-refractivity contribution is 5.79. The van der Waals surface area contributed by atoms with Gasteiger partial charge in [0.2, 0.25) is 5.91 Å². The molecule has 0 bridgehead atoms. The number of benzene rings is 1. The lowest BCUT2D eigenvalue weighted by Gasteiger charge is -2.30. The maximum absolute atomic E-state index is 12.3. The summed E-state index contributed by atoms with van der Waals surface area (Å²) in [5, 5.41) is 0. The first kappa shape index (κ1) is 17.3. The van der Waals surface area contributed by atoms with Gasteiger partial charge in [-0.15, -0.1) is 0 Å². The third-order valence-corrected chi connectivity index (χ3v) is 4.66. The fourth-order valence-electron chi connectivity index (χ4n) is 2.88. The average molecular weight is 318 g/mol. The molecule has 2 amide bonds. The van der Waals surface area contributed by atoms with Crippen LogP contribution in [0.15, 0.2) is 24.3 Å². The van der Waals surface area contributed by atoms with Crippen LogP contribution in [0.2, 0.25) is 0 Å². The van der Waals surface area contributed by atoms with Gasteiger partial charge in [-0.3, -0.25) is 9.59 Å². The maximum atomic E-state index is 12.3. The molecule has 0 spiro atoms. The van der Waals surface area contributed by atoms with Gasteiger partial charge in [0.1, 0.15) is 5.75 Å². The summed E-state index contributed by atoms with van der Waals surface area (Å²) in [6.45, 7) is 5.47. The first-order valence-electron chi connectivity index (χ1n) is 8.31. The lowest BCUT2D eigenvalue weighted by molar-refractivity contribution is -0.136. The van der Waals surface area contributed by atoms with Crippen molar-refractivity contribution >= 4 is 11.8 Å². The van der Waals surface area contributed by atoms with Gasteiger partial charge < -0.3 is 15.4 Å². The monoisotopic (exact) mass is 318 g/mol. The van der Waals surface area contributed by atoms with E-state index in [0.717, 1.165) is 17.7 Å². The van der Waals surface area contributed by atoms with E-state index in [4.69, 9.17) is 10.5 Å². The number of ether oxygens (including phenoxy) is 1. The highest BCUT2D eigenvalue weighted by Crippen LogP contribution is 2.28. The number of carbonyl (C=O) groups excluding carboxylic acids is 2. The van der Waals surface area contributed by atoms with Gasteiger partial charge in [0.05, 0.1) is 0 Å². The minimum Gasteiger partial charge on any atom is -0.483 e. The lowest BCUT2D eigenvalue weighted by atomic mass is 9.96. The van der Waals surface area contributed by atoms with Gasteiger partial charge in [-0.2, -0.15) is 0 Å². The zero-order chi connectivity index (χ0) is 16.8. The summed E-state index contributed by atoms with van der Waals surface area (Å²) >= 11 is 0. The Balaban J connectivity index is 1.89. The standard InChI is InChI=1S/C18H26N2O3/c1-3-13(2)15-6-4-5-7-16(15)23-12-17(21)20-10-8-14(9-11-20)18(19)22/h4-7,13-14H,3,8-12H2,1-2H3,(H2,19,22)/t13-/m1/s1. The predicted octanol–water partition coefficient (Wildman–Crippen LogP) is 2.30. The van der Waals surface area contributed by atoms with E-state index in [9.17, 15) is 9.59 Å². The lowest BCUT2D eigenvalue weighted by Crippen LogP contribution is -2.43. The van der Waals surface area contributed by atoms with Gasteiger partial charge in [-0.1, -0.05) is 32.0 Å². The number of hydrogen-bond acceptors (Lipinski definition) is 3. The van der Waals surface area contributed by atoms with Crippen molar-refractivity contribution < 1.29 is 14.3 Å². The van der Waals surface area contributed by atoms with Crippen molar-refractivity contribution in [2.75, 3.05) is 19.7 Å². The van der Waals surface area contributed by atoms with E-state index in [1.54, 1.807) is 4.90 Å². The molecule has 1 saturated heterocycles. The Morgan fingerprint density at radius 2 is 1.96 bits per heavy atom. The summed E-state index contributed by atoms with van der Waals surface area (Å²) < 4.78 is 5.77. The fourth-order valence-corrected chi connectivity index (χ4v) is 2.88. The second-order valence-corrected chi connectivity index (χ2v) is 6.19. The summed E-state index contributed by atoms with van der Waals surface area (Å²) in [5.74, 6) is 0.767. The van der Waals surface area contributed by atoms with Crippen LogP contribution in [0.4, 0.5) is 0 Å². The number of hydrogen-bond donors (Lipinski definition) is 1. The molecule has 0 aromatic heterocycles. The van der Waals surface area contributed by atoms with E-state index < -0.39 is 0 Å². The zero-order valence-corrected chi connectivity index (χ0v) is 14.0. The number of primary amides is 1. The molecule has 23 heavy (non-hydrogen) atoms. The number of carbonyl (C=O) groups is 2. The number of amides is 2. The van der Waals surface area contributed by atoms with Crippen molar-refractivity contribution in [2.45, 2.75) is 39.0 Å². The van der Waals surface area contributed by atoms with Gasteiger partial charge in [-0.25, -0.2) is 0 Å². The smallest absolute Gasteiger partial charge is 0.260 e. The topological polar surface area (TPSA) is 72.6 Å². The third-order valence-electron chi connectivity index (χ3n) is 4.66. The second-order valence-electron chi connectivity index (χ2n) is 6.19. The molecule has 1 atom stereocenters. The molecule has 5 nitrogen and oxygen atoms in total. The summed E-state index contributed by atoms with van der Waals surface area (Å²) in [7, 11) is 0. The van der Waals surface area contributed by atoms with Crippen molar-refractivity contribution in [1.82, 2.24) is 4.90 Å². The van der Waals surface area contributed by atoms with Crippen LogP contribution in [0.1, 0.15) is 44.6 Å². The summed E-state index contributed by atoms with van der Waals surface area (Å²) in [6.07, 6.45) is 2.31. The van der Waals surface area contributed by atoms with Gasteiger partial charge in [-0.05, 0) is 36.8 Å². The molecule has 1 aromatic carbocycles. The summed E-state index contributed by atoms with van der Waals surface area (Å²) in [6, 6.07) is 7.87. The number of para-hydroxylation sites is 1. The Kier molecular flexibility index (Phi) is 6.02. The minimum atomic E-state index is -0.268. The van der Waals surface area contributed by atoms with Crippen LogP contribution in [0.5, 0.6) is 5.75 Å². The first-order chi connectivity index (χ1) is 11.0. The Morgan fingerprint density at radius 1 is 1.30 bits per heavy atom. The molecule has 5 heteroatoms. The molecule has 0 saturated carbocycles. The summed E-state index contributed by atoms with van der Waals surface area (Å²) in [5.41, 5.74) is 6.45. The number of piperidine rings is 1. The Bertz CT molecular complexity index is 551. The van der Waals surface area contributed by atoms with Crippen LogP contribution in [0.3, 0.4) is 0 Å².